The van der Waals surface area contributed by atoms with Crippen LogP contribution in [0.1, 0.15) is 30.7 Å². The maximum Gasteiger partial charge on any atom is 0.310 e. The molecular formula is C22H22ClNO2. The van der Waals surface area contributed by atoms with Gasteiger partial charge in [-0.3, -0.25) is 9.78 Å². The number of esters is 1. The van der Waals surface area contributed by atoms with Crippen molar-refractivity contribution in [2.75, 3.05) is 6.61 Å². The maximum atomic E-state index is 12.2. The van der Waals surface area contributed by atoms with Crippen molar-refractivity contribution in [3.63, 3.8) is 0 Å². The van der Waals surface area contributed by atoms with Gasteiger partial charge < -0.3 is 4.74 Å². The quantitative estimate of drug-likeness (QED) is 0.556. The Morgan fingerprint density at radius 2 is 1.85 bits per heavy atom. The summed E-state index contributed by atoms with van der Waals surface area (Å²) in [5.41, 5.74) is 5.93. The number of aromatic nitrogens is 1. The van der Waals surface area contributed by atoms with E-state index in [-0.39, 0.29) is 12.4 Å². The first-order chi connectivity index (χ1) is 12.5. The van der Waals surface area contributed by atoms with Gasteiger partial charge in [0.1, 0.15) is 0 Å². The Balaban J connectivity index is 2.26. The summed E-state index contributed by atoms with van der Waals surface area (Å²) in [6.07, 6.45) is 1.18. The van der Waals surface area contributed by atoms with Gasteiger partial charge >= 0.3 is 5.97 Å². The van der Waals surface area contributed by atoms with Crippen molar-refractivity contribution >= 4 is 28.5 Å². The van der Waals surface area contributed by atoms with E-state index in [1.807, 2.05) is 32.0 Å². The summed E-state index contributed by atoms with van der Waals surface area (Å²) in [6, 6.07) is 14.1. The number of nitrogens with zero attached hydrogens (tertiary/aromatic N) is 1. The van der Waals surface area contributed by atoms with Gasteiger partial charge in [0.25, 0.3) is 0 Å². The van der Waals surface area contributed by atoms with E-state index in [4.69, 9.17) is 16.3 Å². The van der Waals surface area contributed by atoms with Crippen molar-refractivity contribution in [1.82, 2.24) is 4.98 Å². The average Bonchev–Trinajstić information content (AvgIpc) is 2.63. The van der Waals surface area contributed by atoms with Crippen LogP contribution >= 0.6 is 11.6 Å². The molecule has 0 aliphatic carbocycles. The first-order valence-corrected chi connectivity index (χ1v) is 9.25. The first kappa shape index (κ1) is 18.4. The van der Waals surface area contributed by atoms with Gasteiger partial charge in [0.2, 0.25) is 0 Å². The molecule has 1 heterocycles. The molecule has 4 heteroatoms. The second-order valence-corrected chi connectivity index (χ2v) is 6.68. The number of ether oxygens (including phenoxy) is 1. The minimum absolute atomic E-state index is 0.194. The van der Waals surface area contributed by atoms with Crippen LogP contribution in [0.15, 0.2) is 42.5 Å². The Labute approximate surface area is 159 Å². The number of rotatable bonds is 5. The molecule has 1 aromatic heterocycles. The third-order valence-corrected chi connectivity index (χ3v) is 4.77. The Morgan fingerprint density at radius 1 is 1.12 bits per heavy atom. The molecule has 0 fully saturated rings. The van der Waals surface area contributed by atoms with E-state index in [9.17, 15) is 4.79 Å². The molecule has 0 atom stereocenters. The highest BCUT2D eigenvalue weighted by Gasteiger charge is 2.18. The Hall–Kier alpha value is -2.39. The number of aryl methyl sites for hydroxylation is 2. The Morgan fingerprint density at radius 3 is 2.50 bits per heavy atom. The van der Waals surface area contributed by atoms with Gasteiger partial charge in [0.15, 0.2) is 0 Å². The molecule has 0 saturated carbocycles. The molecule has 134 valence electrons. The summed E-state index contributed by atoms with van der Waals surface area (Å²) in [5, 5.41) is 1.60. The number of carbonyl (C=O) groups excluding carboxylic acids is 1. The Kier molecular flexibility index (Phi) is 5.58. The topological polar surface area (TPSA) is 39.2 Å². The van der Waals surface area contributed by atoms with Crippen LogP contribution in [0.2, 0.25) is 5.02 Å². The zero-order valence-corrected chi connectivity index (χ0v) is 16.1. The molecule has 0 bridgehead atoms. The summed E-state index contributed by atoms with van der Waals surface area (Å²) in [5.74, 6) is -0.245. The summed E-state index contributed by atoms with van der Waals surface area (Å²) in [4.78, 5) is 16.9. The number of hydrogen-bond acceptors (Lipinski definition) is 3. The average molecular weight is 368 g/mol. The van der Waals surface area contributed by atoms with Crippen molar-refractivity contribution in [3.8, 4) is 11.1 Å². The predicted octanol–water partition coefficient (Wildman–Crippen LogP) is 5.53. The largest absolute Gasteiger partial charge is 0.466 e. The van der Waals surface area contributed by atoms with E-state index >= 15 is 0 Å². The lowest BCUT2D eigenvalue weighted by atomic mass is 9.92. The van der Waals surface area contributed by atoms with Crippen LogP contribution in [0, 0.1) is 6.92 Å². The summed E-state index contributed by atoms with van der Waals surface area (Å²) < 4.78 is 5.17. The lowest BCUT2D eigenvalue weighted by Crippen LogP contribution is -2.11. The fraction of sp³-hybridized carbons (Fsp3) is 0.273. The summed E-state index contributed by atoms with van der Waals surface area (Å²) >= 11 is 6.25. The van der Waals surface area contributed by atoms with Crippen LogP contribution in [-0.4, -0.2) is 17.6 Å². The lowest BCUT2D eigenvalue weighted by Gasteiger charge is -2.16. The zero-order chi connectivity index (χ0) is 18.7. The molecule has 0 N–H and O–H groups in total. The highest BCUT2D eigenvalue weighted by Crippen LogP contribution is 2.35. The van der Waals surface area contributed by atoms with E-state index in [1.165, 1.54) is 5.56 Å². The second kappa shape index (κ2) is 7.88. The van der Waals surface area contributed by atoms with Crippen LogP contribution in [0.4, 0.5) is 0 Å². The fourth-order valence-corrected chi connectivity index (χ4v) is 3.38. The first-order valence-electron chi connectivity index (χ1n) is 8.87. The van der Waals surface area contributed by atoms with Crippen LogP contribution in [0.5, 0.6) is 0 Å². The van der Waals surface area contributed by atoms with Gasteiger partial charge in [-0.05, 0) is 60.7 Å². The van der Waals surface area contributed by atoms with E-state index in [0.29, 0.717) is 11.6 Å². The third-order valence-electron chi connectivity index (χ3n) is 4.53. The molecule has 2 aromatic carbocycles. The molecule has 3 nitrogen and oxygen atoms in total. The smallest absolute Gasteiger partial charge is 0.310 e. The van der Waals surface area contributed by atoms with E-state index in [1.54, 1.807) is 0 Å². The van der Waals surface area contributed by atoms with Crippen molar-refractivity contribution in [1.29, 1.82) is 0 Å². The number of carbonyl (C=O) groups is 1. The molecule has 0 aliphatic heterocycles. The van der Waals surface area contributed by atoms with Gasteiger partial charge in [-0.1, -0.05) is 42.8 Å². The molecular weight excluding hydrogens is 346 g/mol. The van der Waals surface area contributed by atoms with Gasteiger partial charge in [-0.2, -0.15) is 0 Å². The van der Waals surface area contributed by atoms with E-state index in [0.717, 1.165) is 39.7 Å². The molecule has 3 rings (SSSR count). The number of halogens is 1. The molecule has 0 unspecified atom stereocenters. The fourth-order valence-electron chi connectivity index (χ4n) is 3.21. The highest BCUT2D eigenvalue weighted by molar-refractivity contribution is 6.31. The summed E-state index contributed by atoms with van der Waals surface area (Å²) in [7, 11) is 0. The molecule has 0 aliphatic rings. The lowest BCUT2D eigenvalue weighted by molar-refractivity contribution is -0.142. The van der Waals surface area contributed by atoms with Crippen molar-refractivity contribution < 1.29 is 9.53 Å². The van der Waals surface area contributed by atoms with E-state index < -0.39 is 0 Å². The predicted molar refractivity (Wildman–Crippen MR) is 107 cm³/mol. The number of fused-ring (bicyclic) bond motifs is 1. The standard InChI is InChI=1S/C22H22ClNO2/c1-4-15-6-8-16(9-7-15)22-18(13-21(25)26-5-2)14(3)24-20-11-10-17(23)12-19(20)22/h6-12H,4-5,13H2,1-3H3. The number of pyridine rings is 1. The van der Waals surface area contributed by atoms with Gasteiger partial charge in [-0.15, -0.1) is 0 Å². The maximum absolute atomic E-state index is 12.2. The van der Waals surface area contributed by atoms with Crippen LogP contribution < -0.4 is 0 Å². The molecule has 0 spiro atoms. The number of benzene rings is 2. The van der Waals surface area contributed by atoms with Gasteiger partial charge in [0, 0.05) is 16.1 Å². The molecule has 3 aromatic rings. The van der Waals surface area contributed by atoms with Gasteiger partial charge in [0.05, 0.1) is 18.5 Å². The normalized spacial score (nSPS) is 10.9. The van der Waals surface area contributed by atoms with Crippen LogP contribution in [0.3, 0.4) is 0 Å². The molecule has 26 heavy (non-hydrogen) atoms. The zero-order valence-electron chi connectivity index (χ0n) is 15.3. The molecule has 0 radical (unpaired) electrons. The van der Waals surface area contributed by atoms with Crippen molar-refractivity contribution in [2.24, 2.45) is 0 Å². The molecule has 0 saturated heterocycles. The van der Waals surface area contributed by atoms with Crippen LogP contribution in [0.25, 0.3) is 22.0 Å². The summed E-state index contributed by atoms with van der Waals surface area (Å²) in [6.45, 7) is 6.25. The van der Waals surface area contributed by atoms with Crippen LogP contribution in [-0.2, 0) is 22.4 Å². The van der Waals surface area contributed by atoms with Gasteiger partial charge in [-0.25, -0.2) is 0 Å². The minimum Gasteiger partial charge on any atom is -0.466 e. The van der Waals surface area contributed by atoms with Crippen molar-refractivity contribution in [3.05, 3.63) is 64.3 Å². The van der Waals surface area contributed by atoms with Crippen molar-refractivity contribution in [2.45, 2.75) is 33.6 Å². The third kappa shape index (κ3) is 3.73. The Bertz CT molecular complexity index is 949. The SMILES string of the molecule is CCOC(=O)Cc1c(C)nc2ccc(Cl)cc2c1-c1ccc(CC)cc1. The van der Waals surface area contributed by atoms with E-state index in [2.05, 4.69) is 36.2 Å². The monoisotopic (exact) mass is 367 g/mol. The molecule has 0 amide bonds. The number of hydrogen-bond donors (Lipinski definition) is 0. The highest BCUT2D eigenvalue weighted by atomic mass is 35.5. The minimum atomic E-state index is -0.245. The second-order valence-electron chi connectivity index (χ2n) is 6.24.